The molecule has 0 atom stereocenters. The highest BCUT2D eigenvalue weighted by atomic mass is 35.5. The van der Waals surface area contributed by atoms with Crippen LogP contribution in [0.3, 0.4) is 0 Å². The molecule has 0 aliphatic heterocycles. The van der Waals surface area contributed by atoms with E-state index in [9.17, 15) is 0 Å². The first-order chi connectivity index (χ1) is 5.86. The zero-order valence-electron chi connectivity index (χ0n) is 6.16. The molecule has 0 aliphatic carbocycles. The van der Waals surface area contributed by atoms with Gasteiger partial charge in [-0.1, -0.05) is 11.6 Å². The maximum absolute atomic E-state index is 5.76. The van der Waals surface area contributed by atoms with Crippen LogP contribution in [0.4, 0.5) is 0 Å². The van der Waals surface area contributed by atoms with Gasteiger partial charge in [-0.15, -0.1) is 0 Å². The highest BCUT2D eigenvalue weighted by Gasteiger charge is 1.99. The van der Waals surface area contributed by atoms with Crippen LogP contribution in [0, 0.1) is 0 Å². The Balaban J connectivity index is 2.48. The summed E-state index contributed by atoms with van der Waals surface area (Å²) < 4.78 is 0. The van der Waals surface area contributed by atoms with Crippen molar-refractivity contribution in [3.63, 3.8) is 0 Å². The van der Waals surface area contributed by atoms with Crippen LogP contribution in [0.2, 0.25) is 5.02 Å². The summed E-state index contributed by atoms with van der Waals surface area (Å²) in [4.78, 5) is 11.0. The van der Waals surface area contributed by atoms with Gasteiger partial charge in [0.05, 0.1) is 5.02 Å². The number of hydrogen-bond donors (Lipinski definition) is 1. The van der Waals surface area contributed by atoms with Crippen molar-refractivity contribution in [2.75, 3.05) is 0 Å². The van der Waals surface area contributed by atoms with Crippen LogP contribution in [-0.2, 0) is 0 Å². The summed E-state index contributed by atoms with van der Waals surface area (Å²) >= 11 is 5.76. The van der Waals surface area contributed by atoms with Crippen LogP contribution in [0.5, 0.6) is 0 Å². The van der Waals surface area contributed by atoms with E-state index in [0.29, 0.717) is 5.02 Å². The van der Waals surface area contributed by atoms with Crippen molar-refractivity contribution in [1.29, 1.82) is 0 Å². The van der Waals surface area contributed by atoms with Crippen molar-refractivity contribution in [3.8, 4) is 11.4 Å². The zero-order chi connectivity index (χ0) is 8.39. The Morgan fingerprint density at radius 2 is 2.25 bits per heavy atom. The molecule has 0 unspecified atom stereocenters. The fourth-order valence-corrected chi connectivity index (χ4v) is 1.14. The Morgan fingerprint density at radius 1 is 1.33 bits per heavy atom. The van der Waals surface area contributed by atoms with Gasteiger partial charge in [-0.3, -0.25) is 4.98 Å². The molecule has 0 aliphatic rings. The molecule has 0 saturated heterocycles. The van der Waals surface area contributed by atoms with Crippen molar-refractivity contribution in [1.82, 2.24) is 15.0 Å². The molecule has 2 aromatic rings. The predicted octanol–water partition coefficient (Wildman–Crippen LogP) is 2.13. The Kier molecular flexibility index (Phi) is 1.80. The number of nitrogens with one attached hydrogen (secondary N) is 1. The molecule has 60 valence electrons. The van der Waals surface area contributed by atoms with Crippen molar-refractivity contribution in [2.24, 2.45) is 0 Å². The summed E-state index contributed by atoms with van der Waals surface area (Å²) in [6, 6.07) is 1.81. The number of H-pyrrole nitrogens is 1. The first-order valence-electron chi connectivity index (χ1n) is 3.46. The van der Waals surface area contributed by atoms with Crippen molar-refractivity contribution >= 4 is 11.6 Å². The molecular weight excluding hydrogens is 174 g/mol. The summed E-state index contributed by atoms with van der Waals surface area (Å²) in [7, 11) is 0. The monoisotopic (exact) mass is 179 g/mol. The second-order valence-corrected chi connectivity index (χ2v) is 2.77. The first kappa shape index (κ1) is 7.31. The molecule has 0 radical (unpaired) electrons. The highest BCUT2D eigenvalue weighted by molar-refractivity contribution is 6.30. The molecule has 1 N–H and O–H groups in total. The summed E-state index contributed by atoms with van der Waals surface area (Å²) in [5, 5.41) is 0.615. The molecule has 2 aromatic heterocycles. The smallest absolute Gasteiger partial charge is 0.138 e. The van der Waals surface area contributed by atoms with E-state index in [1.54, 1.807) is 24.8 Å². The lowest BCUT2D eigenvalue weighted by molar-refractivity contribution is 1.26. The van der Waals surface area contributed by atoms with Crippen molar-refractivity contribution in [2.45, 2.75) is 0 Å². The van der Waals surface area contributed by atoms with Crippen molar-refractivity contribution < 1.29 is 0 Å². The highest BCUT2D eigenvalue weighted by Crippen LogP contribution is 2.16. The molecule has 0 bridgehead atoms. The molecular formula is C8H6ClN3. The molecule has 0 fully saturated rings. The standard InChI is InChI=1S/C8H6ClN3/c9-7-3-6(4-10-5-7)8-11-1-2-12-8/h1-5H,(H,11,12). The maximum atomic E-state index is 5.76. The van der Waals surface area contributed by atoms with E-state index < -0.39 is 0 Å². The summed E-state index contributed by atoms with van der Waals surface area (Å²) in [5.41, 5.74) is 0.896. The average molecular weight is 180 g/mol. The third-order valence-electron chi connectivity index (χ3n) is 1.48. The van der Waals surface area contributed by atoms with Crippen LogP contribution in [0.1, 0.15) is 0 Å². The fourth-order valence-electron chi connectivity index (χ4n) is 0.965. The molecule has 0 amide bonds. The number of hydrogen-bond acceptors (Lipinski definition) is 2. The average Bonchev–Trinajstić information content (AvgIpc) is 2.56. The zero-order valence-corrected chi connectivity index (χ0v) is 6.92. The number of rotatable bonds is 1. The van der Waals surface area contributed by atoms with Gasteiger partial charge < -0.3 is 4.98 Å². The topological polar surface area (TPSA) is 41.6 Å². The molecule has 12 heavy (non-hydrogen) atoms. The Hall–Kier alpha value is -1.35. The lowest BCUT2D eigenvalue weighted by Gasteiger charge is -1.94. The summed E-state index contributed by atoms with van der Waals surface area (Å²) in [5.74, 6) is 0.782. The molecule has 2 heterocycles. The number of aromatic amines is 1. The number of halogens is 1. The van der Waals surface area contributed by atoms with E-state index in [1.807, 2.05) is 6.07 Å². The number of imidazole rings is 1. The van der Waals surface area contributed by atoms with Crippen LogP contribution in [-0.4, -0.2) is 15.0 Å². The van der Waals surface area contributed by atoms with Gasteiger partial charge >= 0.3 is 0 Å². The van der Waals surface area contributed by atoms with Crippen LogP contribution in [0.25, 0.3) is 11.4 Å². The van der Waals surface area contributed by atoms with Gasteiger partial charge in [0.1, 0.15) is 5.82 Å². The first-order valence-corrected chi connectivity index (χ1v) is 3.84. The second-order valence-electron chi connectivity index (χ2n) is 2.33. The van der Waals surface area contributed by atoms with E-state index in [-0.39, 0.29) is 0 Å². The number of aromatic nitrogens is 3. The Bertz CT molecular complexity index is 370. The minimum absolute atomic E-state index is 0.615. The Morgan fingerprint density at radius 3 is 2.92 bits per heavy atom. The van der Waals surface area contributed by atoms with E-state index in [0.717, 1.165) is 11.4 Å². The van der Waals surface area contributed by atoms with Gasteiger partial charge in [0, 0.05) is 30.4 Å². The summed E-state index contributed by atoms with van der Waals surface area (Å²) in [6.07, 6.45) is 6.76. The molecule has 2 rings (SSSR count). The minimum atomic E-state index is 0.615. The second kappa shape index (κ2) is 2.95. The SMILES string of the molecule is Clc1cncc(-c2ncc[nH]2)c1. The molecule has 0 spiro atoms. The molecule has 0 aromatic carbocycles. The van der Waals surface area contributed by atoms with E-state index in [2.05, 4.69) is 15.0 Å². The fraction of sp³-hybridized carbons (Fsp3) is 0. The van der Waals surface area contributed by atoms with Gasteiger partial charge in [-0.05, 0) is 6.07 Å². The quantitative estimate of drug-likeness (QED) is 0.729. The lowest BCUT2D eigenvalue weighted by atomic mass is 10.3. The van der Waals surface area contributed by atoms with E-state index >= 15 is 0 Å². The van der Waals surface area contributed by atoms with E-state index in [1.165, 1.54) is 0 Å². The van der Waals surface area contributed by atoms with Gasteiger partial charge in [-0.2, -0.15) is 0 Å². The predicted molar refractivity (Wildman–Crippen MR) is 46.8 cm³/mol. The molecule has 0 saturated carbocycles. The van der Waals surface area contributed by atoms with Gasteiger partial charge in [0.25, 0.3) is 0 Å². The number of pyridine rings is 1. The maximum Gasteiger partial charge on any atom is 0.138 e. The Labute approximate surface area is 74.4 Å². The van der Waals surface area contributed by atoms with Gasteiger partial charge in [0.15, 0.2) is 0 Å². The summed E-state index contributed by atoms with van der Waals surface area (Å²) in [6.45, 7) is 0. The van der Waals surface area contributed by atoms with Crippen molar-refractivity contribution in [3.05, 3.63) is 35.9 Å². The van der Waals surface area contributed by atoms with E-state index in [4.69, 9.17) is 11.6 Å². The van der Waals surface area contributed by atoms with Gasteiger partial charge in [-0.25, -0.2) is 4.98 Å². The third kappa shape index (κ3) is 1.31. The van der Waals surface area contributed by atoms with Crippen LogP contribution < -0.4 is 0 Å². The number of nitrogens with zero attached hydrogens (tertiary/aromatic N) is 2. The minimum Gasteiger partial charge on any atom is -0.345 e. The lowest BCUT2D eigenvalue weighted by Crippen LogP contribution is -1.81. The van der Waals surface area contributed by atoms with Crippen LogP contribution in [0.15, 0.2) is 30.9 Å². The van der Waals surface area contributed by atoms with Crippen LogP contribution >= 0.6 is 11.6 Å². The molecule has 3 nitrogen and oxygen atoms in total. The normalized spacial score (nSPS) is 10.1. The molecule has 4 heteroatoms. The largest absolute Gasteiger partial charge is 0.345 e. The van der Waals surface area contributed by atoms with Gasteiger partial charge in [0.2, 0.25) is 0 Å². The third-order valence-corrected chi connectivity index (χ3v) is 1.68.